The van der Waals surface area contributed by atoms with Gasteiger partial charge in [0.25, 0.3) is 0 Å². The summed E-state index contributed by atoms with van der Waals surface area (Å²) >= 11 is 0. The standard InChI is InChI=1S/C21H36O5/c1-13-11-16-17(26-16)21(5,24)10-9-20(4)14(7-6-8-19(2,3)23)18(22)25-12-15(13)20/h13-17,23-24H,6-12H2,1-5H3/t13?,14?,15-,16+,17+,20+,21-/m0/s1. The predicted molar refractivity (Wildman–Crippen MR) is 98.5 cm³/mol. The van der Waals surface area contributed by atoms with Gasteiger partial charge in [0.2, 0.25) is 0 Å². The number of hydrogen-bond donors (Lipinski definition) is 2. The lowest BCUT2D eigenvalue weighted by Crippen LogP contribution is -2.50. The minimum absolute atomic E-state index is 0.0704. The van der Waals surface area contributed by atoms with Crippen LogP contribution in [0.3, 0.4) is 0 Å². The van der Waals surface area contributed by atoms with Gasteiger partial charge in [0.15, 0.2) is 0 Å². The summed E-state index contributed by atoms with van der Waals surface area (Å²) in [4.78, 5) is 12.7. The summed E-state index contributed by atoms with van der Waals surface area (Å²) in [6, 6.07) is 0. The normalized spacial score (nSPS) is 46.3. The number of carbonyl (C=O) groups excluding carboxylic acids is 1. The third-order valence-corrected chi connectivity index (χ3v) is 7.27. The largest absolute Gasteiger partial charge is 0.465 e. The fourth-order valence-corrected chi connectivity index (χ4v) is 5.42. The van der Waals surface area contributed by atoms with Crippen LogP contribution in [0.2, 0.25) is 0 Å². The molecule has 0 aromatic rings. The minimum Gasteiger partial charge on any atom is -0.465 e. The summed E-state index contributed by atoms with van der Waals surface area (Å²) in [5.74, 6) is 0.393. The fourth-order valence-electron chi connectivity index (χ4n) is 5.42. The van der Waals surface area contributed by atoms with E-state index in [0.717, 1.165) is 25.7 Å². The Bertz CT molecular complexity index is 537. The third kappa shape index (κ3) is 3.95. The van der Waals surface area contributed by atoms with E-state index >= 15 is 0 Å². The van der Waals surface area contributed by atoms with Gasteiger partial charge in [0.05, 0.1) is 29.8 Å². The van der Waals surface area contributed by atoms with Crippen molar-refractivity contribution in [3.8, 4) is 0 Å². The average molecular weight is 369 g/mol. The molecule has 1 aliphatic carbocycles. The van der Waals surface area contributed by atoms with Crippen LogP contribution in [0.4, 0.5) is 0 Å². The second kappa shape index (κ2) is 6.75. The molecule has 1 saturated carbocycles. The van der Waals surface area contributed by atoms with Gasteiger partial charge in [-0.2, -0.15) is 0 Å². The van der Waals surface area contributed by atoms with Gasteiger partial charge >= 0.3 is 5.97 Å². The molecule has 3 rings (SSSR count). The van der Waals surface area contributed by atoms with Crippen LogP contribution in [0.25, 0.3) is 0 Å². The van der Waals surface area contributed by atoms with Crippen LogP contribution in [0.15, 0.2) is 0 Å². The molecule has 150 valence electrons. The molecule has 3 fully saturated rings. The summed E-state index contributed by atoms with van der Waals surface area (Å²) in [6.07, 6.45) is 4.61. The molecule has 2 N–H and O–H groups in total. The summed E-state index contributed by atoms with van der Waals surface area (Å²) in [5.41, 5.74) is -1.73. The van der Waals surface area contributed by atoms with Gasteiger partial charge in [0.1, 0.15) is 6.10 Å². The van der Waals surface area contributed by atoms with Crippen molar-refractivity contribution in [1.82, 2.24) is 0 Å². The zero-order valence-corrected chi connectivity index (χ0v) is 17.0. The van der Waals surface area contributed by atoms with Crippen LogP contribution < -0.4 is 0 Å². The molecule has 0 spiro atoms. The minimum atomic E-state index is -0.832. The molecule has 2 heterocycles. The predicted octanol–water partition coefficient (Wildman–Crippen LogP) is 3.06. The van der Waals surface area contributed by atoms with E-state index in [1.807, 2.05) is 20.8 Å². The zero-order chi connectivity index (χ0) is 19.3. The number of epoxide rings is 1. The van der Waals surface area contributed by atoms with Crippen LogP contribution in [0.5, 0.6) is 0 Å². The van der Waals surface area contributed by atoms with E-state index in [1.165, 1.54) is 0 Å². The number of carbonyl (C=O) groups is 1. The van der Waals surface area contributed by atoms with E-state index in [0.29, 0.717) is 25.4 Å². The Labute approximate surface area is 157 Å². The van der Waals surface area contributed by atoms with Crippen LogP contribution in [0, 0.1) is 23.2 Å². The van der Waals surface area contributed by atoms with Crippen molar-refractivity contribution in [2.75, 3.05) is 6.61 Å². The molecule has 3 aliphatic rings. The zero-order valence-electron chi connectivity index (χ0n) is 17.0. The number of cyclic esters (lactones) is 1. The molecule has 26 heavy (non-hydrogen) atoms. The van der Waals surface area contributed by atoms with Crippen LogP contribution in [-0.4, -0.2) is 46.2 Å². The van der Waals surface area contributed by atoms with Crippen molar-refractivity contribution in [2.24, 2.45) is 23.2 Å². The van der Waals surface area contributed by atoms with Gasteiger partial charge < -0.3 is 19.7 Å². The monoisotopic (exact) mass is 368 g/mol. The molecule has 0 aromatic heterocycles. The second-order valence-corrected chi connectivity index (χ2v) is 10.2. The van der Waals surface area contributed by atoms with E-state index in [2.05, 4.69) is 13.8 Å². The fraction of sp³-hybridized carbons (Fsp3) is 0.952. The summed E-state index contributed by atoms with van der Waals surface area (Å²) in [7, 11) is 0. The smallest absolute Gasteiger partial charge is 0.309 e. The van der Waals surface area contributed by atoms with Crippen molar-refractivity contribution in [2.45, 2.75) is 96.6 Å². The molecular weight excluding hydrogens is 332 g/mol. The van der Waals surface area contributed by atoms with Gasteiger partial charge in [0, 0.05) is 5.92 Å². The first kappa shape index (κ1) is 20.1. The molecular formula is C21H36O5. The summed E-state index contributed by atoms with van der Waals surface area (Å²) < 4.78 is 11.4. The number of rotatable bonds is 4. The maximum atomic E-state index is 12.7. The molecule has 7 atom stereocenters. The highest BCUT2D eigenvalue weighted by atomic mass is 16.6. The molecule has 2 saturated heterocycles. The topological polar surface area (TPSA) is 79.3 Å². The van der Waals surface area contributed by atoms with Crippen LogP contribution in [-0.2, 0) is 14.3 Å². The number of aliphatic hydroxyl groups is 2. The SMILES string of the molecule is CC1C[C@H]2O[C@H]2[C@@](C)(O)CC[C@]2(C)C(CCCC(C)(C)O)C(=O)OC[C@@H]12. The highest BCUT2D eigenvalue weighted by Gasteiger charge is 2.58. The number of hydrogen-bond acceptors (Lipinski definition) is 5. The van der Waals surface area contributed by atoms with Crippen LogP contribution >= 0.6 is 0 Å². The molecule has 5 heteroatoms. The van der Waals surface area contributed by atoms with Crippen molar-refractivity contribution in [3.63, 3.8) is 0 Å². The molecule has 0 bridgehead atoms. The van der Waals surface area contributed by atoms with Crippen molar-refractivity contribution < 1.29 is 24.5 Å². The molecule has 0 amide bonds. The highest BCUT2D eigenvalue weighted by Crippen LogP contribution is 2.54. The quantitative estimate of drug-likeness (QED) is 0.589. The molecule has 5 nitrogen and oxygen atoms in total. The first-order valence-electron chi connectivity index (χ1n) is 10.2. The van der Waals surface area contributed by atoms with E-state index in [1.54, 1.807) is 0 Å². The number of esters is 1. The lowest BCUT2D eigenvalue weighted by molar-refractivity contribution is -0.176. The van der Waals surface area contributed by atoms with E-state index in [-0.39, 0.29) is 35.4 Å². The molecule has 2 unspecified atom stereocenters. The number of fused-ring (bicyclic) bond motifs is 2. The van der Waals surface area contributed by atoms with Gasteiger partial charge in [-0.05, 0) is 70.6 Å². The second-order valence-electron chi connectivity index (χ2n) is 10.2. The highest BCUT2D eigenvalue weighted by molar-refractivity contribution is 5.74. The Morgan fingerprint density at radius 3 is 2.62 bits per heavy atom. The first-order chi connectivity index (χ1) is 11.9. The van der Waals surface area contributed by atoms with E-state index < -0.39 is 11.2 Å². The Balaban J connectivity index is 1.81. The van der Waals surface area contributed by atoms with Gasteiger partial charge in [-0.3, -0.25) is 4.79 Å². The van der Waals surface area contributed by atoms with Crippen molar-refractivity contribution in [1.29, 1.82) is 0 Å². The summed E-state index contributed by atoms with van der Waals surface area (Å²) in [6.45, 7) is 10.4. The van der Waals surface area contributed by atoms with E-state index in [9.17, 15) is 15.0 Å². The average Bonchev–Trinajstić information content (AvgIpc) is 3.27. The van der Waals surface area contributed by atoms with Gasteiger partial charge in [-0.1, -0.05) is 13.8 Å². The molecule has 0 radical (unpaired) electrons. The lowest BCUT2D eigenvalue weighted by Gasteiger charge is -2.49. The van der Waals surface area contributed by atoms with Gasteiger partial charge in [-0.15, -0.1) is 0 Å². The Morgan fingerprint density at radius 1 is 1.27 bits per heavy atom. The van der Waals surface area contributed by atoms with E-state index in [4.69, 9.17) is 9.47 Å². The Morgan fingerprint density at radius 2 is 1.96 bits per heavy atom. The van der Waals surface area contributed by atoms with Crippen LogP contribution in [0.1, 0.15) is 73.1 Å². The first-order valence-corrected chi connectivity index (χ1v) is 10.2. The maximum Gasteiger partial charge on any atom is 0.309 e. The maximum absolute atomic E-state index is 12.7. The van der Waals surface area contributed by atoms with Crippen molar-refractivity contribution >= 4 is 5.97 Å². The Hall–Kier alpha value is -0.650. The van der Waals surface area contributed by atoms with Gasteiger partial charge in [-0.25, -0.2) is 0 Å². The Kier molecular flexibility index (Phi) is 5.22. The lowest BCUT2D eigenvalue weighted by atomic mass is 9.59. The molecule has 0 aromatic carbocycles. The van der Waals surface area contributed by atoms with Crippen molar-refractivity contribution in [3.05, 3.63) is 0 Å². The molecule has 2 aliphatic heterocycles. The third-order valence-electron chi connectivity index (χ3n) is 7.27. The number of ether oxygens (including phenoxy) is 2. The summed E-state index contributed by atoms with van der Waals surface area (Å²) in [5, 5.41) is 20.9.